The molecule has 1 aliphatic heterocycles. The second kappa shape index (κ2) is 5.93. The van der Waals surface area contributed by atoms with Crippen LogP contribution in [0.15, 0.2) is 47.4 Å². The van der Waals surface area contributed by atoms with Gasteiger partial charge in [0.25, 0.3) is 0 Å². The number of carbonyl (C=O) groups excluding carboxylic acids is 1. The molecule has 0 saturated heterocycles. The highest BCUT2D eigenvalue weighted by atomic mass is 32.2. The number of thioether (sulfide) groups is 1. The minimum absolute atomic E-state index is 0.0129. The number of hydrogen-bond donors (Lipinski definition) is 0. The lowest BCUT2D eigenvalue weighted by Crippen LogP contribution is -1.98. The van der Waals surface area contributed by atoms with Crippen molar-refractivity contribution in [3.8, 4) is 0 Å². The van der Waals surface area contributed by atoms with Crippen molar-refractivity contribution in [3.05, 3.63) is 65.2 Å². The van der Waals surface area contributed by atoms with Gasteiger partial charge < -0.3 is 4.74 Å². The van der Waals surface area contributed by atoms with Crippen LogP contribution in [0.4, 0.5) is 8.78 Å². The van der Waals surface area contributed by atoms with Crippen LogP contribution < -0.4 is 0 Å². The summed E-state index contributed by atoms with van der Waals surface area (Å²) in [7, 11) is 0. The first-order valence-corrected chi connectivity index (χ1v) is 7.82. The van der Waals surface area contributed by atoms with E-state index in [2.05, 4.69) is 0 Å². The van der Waals surface area contributed by atoms with E-state index < -0.39 is 17.6 Å². The van der Waals surface area contributed by atoms with E-state index in [0.29, 0.717) is 16.7 Å². The fourth-order valence-corrected chi connectivity index (χ4v) is 2.81. The molecule has 0 radical (unpaired) electrons. The van der Waals surface area contributed by atoms with Crippen LogP contribution in [0, 0.1) is 11.6 Å². The smallest absolute Gasteiger partial charge is 0.339 e. The Hall–Kier alpha value is -2.14. The maximum atomic E-state index is 14.0. The number of benzene rings is 2. The third-order valence-electron chi connectivity index (χ3n) is 3.49. The standard InChI is InChI=1S/C17H12F2O2S/c1-22-12-5-2-10(3-6-12)16-14(9-21-17(16)20)13-7-4-11(18)8-15(13)19/h2-8H,9H2,1H3. The average Bonchev–Trinajstić information content (AvgIpc) is 2.89. The first-order chi connectivity index (χ1) is 10.6. The van der Waals surface area contributed by atoms with Gasteiger partial charge >= 0.3 is 5.97 Å². The summed E-state index contributed by atoms with van der Waals surface area (Å²) in [4.78, 5) is 13.1. The molecule has 0 spiro atoms. The van der Waals surface area contributed by atoms with Crippen molar-refractivity contribution in [1.29, 1.82) is 0 Å². The molecule has 0 unspecified atom stereocenters. The maximum absolute atomic E-state index is 14.0. The monoisotopic (exact) mass is 318 g/mol. The van der Waals surface area contributed by atoms with E-state index >= 15 is 0 Å². The van der Waals surface area contributed by atoms with Crippen molar-refractivity contribution < 1.29 is 18.3 Å². The molecule has 5 heteroatoms. The van der Waals surface area contributed by atoms with Crippen molar-refractivity contribution in [2.75, 3.05) is 12.9 Å². The molecule has 2 nitrogen and oxygen atoms in total. The van der Waals surface area contributed by atoms with Gasteiger partial charge in [0.05, 0.1) is 5.57 Å². The van der Waals surface area contributed by atoms with Crippen molar-refractivity contribution in [2.24, 2.45) is 0 Å². The summed E-state index contributed by atoms with van der Waals surface area (Å²) >= 11 is 1.59. The van der Waals surface area contributed by atoms with Crippen LogP contribution in [0.2, 0.25) is 0 Å². The molecule has 0 amide bonds. The first-order valence-electron chi connectivity index (χ1n) is 6.60. The highest BCUT2D eigenvalue weighted by Crippen LogP contribution is 2.34. The molecular formula is C17H12F2O2S. The molecule has 0 saturated carbocycles. The number of ether oxygens (including phenoxy) is 1. The third-order valence-corrected chi connectivity index (χ3v) is 4.23. The van der Waals surface area contributed by atoms with E-state index in [4.69, 9.17) is 4.74 Å². The quantitative estimate of drug-likeness (QED) is 0.628. The van der Waals surface area contributed by atoms with E-state index in [1.54, 1.807) is 23.9 Å². The summed E-state index contributed by atoms with van der Waals surface area (Å²) in [5, 5.41) is 0. The lowest BCUT2D eigenvalue weighted by Gasteiger charge is -2.06. The predicted octanol–water partition coefficient (Wildman–Crippen LogP) is 4.15. The topological polar surface area (TPSA) is 26.3 Å². The van der Waals surface area contributed by atoms with Gasteiger partial charge in [-0.1, -0.05) is 12.1 Å². The fraction of sp³-hybridized carbons (Fsp3) is 0.118. The Bertz CT molecular complexity index is 767. The Morgan fingerprint density at radius 2 is 1.82 bits per heavy atom. The van der Waals surface area contributed by atoms with Gasteiger partial charge in [0, 0.05) is 22.1 Å². The Labute approximate surface area is 130 Å². The normalized spacial score (nSPS) is 14.4. The summed E-state index contributed by atoms with van der Waals surface area (Å²) in [6, 6.07) is 10.7. The highest BCUT2D eigenvalue weighted by Gasteiger charge is 2.28. The summed E-state index contributed by atoms with van der Waals surface area (Å²) in [6.07, 6.45) is 1.96. The number of halogens is 2. The molecule has 1 aliphatic rings. The maximum Gasteiger partial charge on any atom is 0.339 e. The molecule has 22 heavy (non-hydrogen) atoms. The van der Waals surface area contributed by atoms with Crippen LogP contribution in [-0.4, -0.2) is 18.8 Å². The van der Waals surface area contributed by atoms with Crippen LogP contribution in [-0.2, 0) is 9.53 Å². The minimum atomic E-state index is -0.702. The van der Waals surface area contributed by atoms with Crippen molar-refractivity contribution in [3.63, 3.8) is 0 Å². The average molecular weight is 318 g/mol. The second-order valence-electron chi connectivity index (χ2n) is 4.78. The molecule has 1 heterocycles. The number of cyclic esters (lactones) is 1. The third kappa shape index (κ3) is 2.64. The molecule has 0 bridgehead atoms. The molecule has 3 rings (SSSR count). The first kappa shape index (κ1) is 14.8. The van der Waals surface area contributed by atoms with E-state index in [9.17, 15) is 13.6 Å². The summed E-state index contributed by atoms with van der Waals surface area (Å²) in [6.45, 7) is -0.0129. The van der Waals surface area contributed by atoms with Gasteiger partial charge in [0.15, 0.2) is 0 Å². The van der Waals surface area contributed by atoms with Crippen molar-refractivity contribution in [1.82, 2.24) is 0 Å². The van der Waals surface area contributed by atoms with E-state index in [-0.39, 0.29) is 12.2 Å². The van der Waals surface area contributed by atoms with Gasteiger partial charge in [-0.2, -0.15) is 0 Å². The summed E-state index contributed by atoms with van der Waals surface area (Å²) in [5.74, 6) is -1.85. The second-order valence-corrected chi connectivity index (χ2v) is 5.66. The zero-order valence-electron chi connectivity index (χ0n) is 11.7. The molecule has 112 valence electrons. The molecule has 0 aliphatic carbocycles. The highest BCUT2D eigenvalue weighted by molar-refractivity contribution is 7.98. The Morgan fingerprint density at radius 3 is 2.45 bits per heavy atom. The Morgan fingerprint density at radius 1 is 1.09 bits per heavy atom. The summed E-state index contributed by atoms with van der Waals surface area (Å²) in [5.41, 5.74) is 1.63. The zero-order chi connectivity index (χ0) is 15.7. The largest absolute Gasteiger partial charge is 0.457 e. The van der Waals surface area contributed by atoms with Crippen LogP contribution >= 0.6 is 11.8 Å². The molecule has 0 N–H and O–H groups in total. The lowest BCUT2D eigenvalue weighted by molar-refractivity contribution is -0.133. The molecular weight excluding hydrogens is 306 g/mol. The van der Waals surface area contributed by atoms with E-state index in [0.717, 1.165) is 11.0 Å². The number of rotatable bonds is 3. The van der Waals surface area contributed by atoms with Crippen LogP contribution in [0.3, 0.4) is 0 Å². The minimum Gasteiger partial charge on any atom is -0.457 e. The van der Waals surface area contributed by atoms with Crippen LogP contribution in [0.25, 0.3) is 11.1 Å². The van der Waals surface area contributed by atoms with Gasteiger partial charge in [-0.25, -0.2) is 13.6 Å². The van der Waals surface area contributed by atoms with E-state index in [1.165, 1.54) is 12.1 Å². The Balaban J connectivity index is 2.13. The van der Waals surface area contributed by atoms with Gasteiger partial charge in [-0.3, -0.25) is 0 Å². The van der Waals surface area contributed by atoms with Crippen LogP contribution in [0.1, 0.15) is 11.1 Å². The SMILES string of the molecule is CSc1ccc(C2=C(c3ccc(F)cc3F)COC2=O)cc1. The molecule has 0 fully saturated rings. The number of carbonyl (C=O) groups is 1. The van der Waals surface area contributed by atoms with Crippen LogP contribution in [0.5, 0.6) is 0 Å². The van der Waals surface area contributed by atoms with Crippen molar-refractivity contribution in [2.45, 2.75) is 4.90 Å². The predicted molar refractivity (Wildman–Crippen MR) is 82.4 cm³/mol. The number of hydrogen-bond acceptors (Lipinski definition) is 3. The summed E-state index contributed by atoms with van der Waals surface area (Å²) < 4.78 is 32.1. The zero-order valence-corrected chi connectivity index (χ0v) is 12.5. The van der Waals surface area contributed by atoms with Gasteiger partial charge in [0.2, 0.25) is 0 Å². The number of esters is 1. The van der Waals surface area contributed by atoms with Gasteiger partial charge in [-0.15, -0.1) is 11.8 Å². The van der Waals surface area contributed by atoms with E-state index in [1.807, 2.05) is 18.4 Å². The van der Waals surface area contributed by atoms with Gasteiger partial charge in [-0.05, 0) is 36.1 Å². The fourth-order valence-electron chi connectivity index (χ4n) is 2.40. The molecule has 2 aromatic carbocycles. The lowest BCUT2D eigenvalue weighted by atomic mass is 9.96. The Kier molecular flexibility index (Phi) is 3.98. The molecule has 0 atom stereocenters. The van der Waals surface area contributed by atoms with Crippen molar-refractivity contribution >= 4 is 28.9 Å². The molecule has 2 aromatic rings. The van der Waals surface area contributed by atoms with Gasteiger partial charge in [0.1, 0.15) is 18.2 Å². The molecule has 0 aromatic heterocycles.